The molecule has 25 heavy (non-hydrogen) atoms. The first-order valence-electron chi connectivity index (χ1n) is 9.32. The zero-order chi connectivity index (χ0) is 18.4. The van der Waals surface area contributed by atoms with E-state index in [9.17, 15) is 4.39 Å². The lowest BCUT2D eigenvalue weighted by Crippen LogP contribution is -2.47. The summed E-state index contributed by atoms with van der Waals surface area (Å²) < 4.78 is 13.8. The van der Waals surface area contributed by atoms with Gasteiger partial charge in [0.15, 0.2) is 0 Å². The molecule has 2 nitrogen and oxygen atoms in total. The van der Waals surface area contributed by atoms with Crippen molar-refractivity contribution in [3.8, 4) is 0 Å². The van der Waals surface area contributed by atoms with E-state index < -0.39 is 8.07 Å². The van der Waals surface area contributed by atoms with Gasteiger partial charge < -0.3 is 4.98 Å². The summed E-state index contributed by atoms with van der Waals surface area (Å²) in [5, 5.41) is 2.17. The van der Waals surface area contributed by atoms with E-state index in [1.807, 2.05) is 12.3 Å². The molecule has 1 N–H and O–H groups in total. The van der Waals surface area contributed by atoms with E-state index in [0.29, 0.717) is 16.6 Å². The highest BCUT2D eigenvalue weighted by molar-refractivity contribution is 6.83. The van der Waals surface area contributed by atoms with Gasteiger partial charge in [-0.05, 0) is 24.2 Å². The van der Waals surface area contributed by atoms with Crippen LogP contribution < -0.4 is 0 Å². The van der Waals surface area contributed by atoms with Crippen LogP contribution in [0, 0.1) is 5.82 Å². The number of aromatic amines is 1. The van der Waals surface area contributed by atoms with Gasteiger partial charge in [-0.2, -0.15) is 0 Å². The molecule has 4 heteroatoms. The Bertz CT molecular complexity index is 874. The van der Waals surface area contributed by atoms with Crippen molar-refractivity contribution in [1.82, 2.24) is 9.97 Å². The van der Waals surface area contributed by atoms with Gasteiger partial charge >= 0.3 is 0 Å². The zero-order valence-electron chi connectivity index (χ0n) is 16.2. The van der Waals surface area contributed by atoms with Crippen LogP contribution in [0.3, 0.4) is 0 Å². The van der Waals surface area contributed by atoms with Crippen molar-refractivity contribution in [3.05, 3.63) is 42.0 Å². The second-order valence-electron chi connectivity index (χ2n) is 8.24. The normalized spacial score (nSPS) is 13.0. The molecule has 3 rings (SSSR count). The molecule has 0 radical (unpaired) electrons. The first-order chi connectivity index (χ1) is 11.8. The fraction of sp³-hybridized carbons (Fsp3) is 0.476. The summed E-state index contributed by atoms with van der Waals surface area (Å²) >= 11 is 0. The topological polar surface area (TPSA) is 28.7 Å². The molecule has 0 saturated heterocycles. The van der Waals surface area contributed by atoms with E-state index in [1.165, 1.54) is 6.07 Å². The number of rotatable bonds is 5. The summed E-state index contributed by atoms with van der Waals surface area (Å²) in [7, 11) is -1.64. The lowest BCUT2D eigenvalue weighted by Gasteiger charge is -2.43. The smallest absolute Gasteiger partial charge is 0.125 e. The van der Waals surface area contributed by atoms with E-state index in [4.69, 9.17) is 4.98 Å². The highest BCUT2D eigenvalue weighted by Crippen LogP contribution is 2.44. The summed E-state index contributed by atoms with van der Waals surface area (Å²) in [5.41, 5.74) is 5.01. The Morgan fingerprint density at radius 3 is 2.20 bits per heavy atom. The number of H-pyrrole nitrogens is 1. The van der Waals surface area contributed by atoms with Gasteiger partial charge in [-0.3, -0.25) is 4.98 Å². The molecule has 0 atom stereocenters. The lowest BCUT2D eigenvalue weighted by molar-refractivity contribution is 0.629. The minimum Gasteiger partial charge on any atom is -0.360 e. The number of halogens is 1. The molecular weight excluding hydrogens is 327 g/mol. The van der Waals surface area contributed by atoms with Crippen LogP contribution in [0.4, 0.5) is 4.39 Å². The summed E-state index contributed by atoms with van der Waals surface area (Å²) in [6.07, 6.45) is 1.97. The second kappa shape index (κ2) is 6.56. The zero-order valence-corrected chi connectivity index (χ0v) is 17.2. The minimum atomic E-state index is -1.64. The molecule has 0 bridgehead atoms. The highest BCUT2D eigenvalue weighted by Gasteiger charge is 2.43. The molecule has 2 aromatic heterocycles. The predicted molar refractivity (Wildman–Crippen MR) is 108 cm³/mol. The van der Waals surface area contributed by atoms with E-state index >= 15 is 0 Å². The SMILES string of the molecule is CC(C)[Si](Cc1nc2cc(F)ccc2c2cc[nH]c12)(C(C)C)C(C)C. The summed E-state index contributed by atoms with van der Waals surface area (Å²) in [6, 6.07) is 8.05. The molecule has 1 aromatic carbocycles. The third-order valence-electron chi connectivity index (χ3n) is 6.24. The number of benzene rings is 1. The van der Waals surface area contributed by atoms with Crippen molar-refractivity contribution < 1.29 is 4.39 Å². The number of nitrogens with zero attached hydrogens (tertiary/aromatic N) is 1. The van der Waals surface area contributed by atoms with Crippen molar-refractivity contribution in [2.75, 3.05) is 0 Å². The Balaban J connectivity index is 2.24. The number of nitrogens with one attached hydrogen (secondary N) is 1. The van der Waals surface area contributed by atoms with Crippen LogP contribution in [0.25, 0.3) is 21.8 Å². The van der Waals surface area contributed by atoms with Gasteiger partial charge in [-0.15, -0.1) is 0 Å². The van der Waals surface area contributed by atoms with Crippen molar-refractivity contribution >= 4 is 29.9 Å². The maximum Gasteiger partial charge on any atom is 0.125 e. The number of hydrogen-bond donors (Lipinski definition) is 1. The molecule has 2 heterocycles. The molecule has 0 aliphatic carbocycles. The van der Waals surface area contributed by atoms with Crippen molar-refractivity contribution in [1.29, 1.82) is 0 Å². The summed E-state index contributed by atoms with van der Waals surface area (Å²) in [6.45, 7) is 14.2. The Hall–Kier alpha value is -1.68. The number of fused-ring (bicyclic) bond motifs is 3. The Kier molecular flexibility index (Phi) is 4.75. The first-order valence-corrected chi connectivity index (χ1v) is 11.8. The Morgan fingerprint density at radius 1 is 0.960 bits per heavy atom. The van der Waals surface area contributed by atoms with Crippen LogP contribution in [-0.4, -0.2) is 18.0 Å². The largest absolute Gasteiger partial charge is 0.360 e. The van der Waals surface area contributed by atoms with Crippen LogP contribution in [0.15, 0.2) is 30.5 Å². The maximum atomic E-state index is 13.8. The molecule has 134 valence electrons. The van der Waals surface area contributed by atoms with Gasteiger partial charge in [-0.1, -0.05) is 58.2 Å². The number of pyridine rings is 1. The van der Waals surface area contributed by atoms with Crippen LogP contribution in [-0.2, 0) is 6.04 Å². The number of hydrogen-bond acceptors (Lipinski definition) is 1. The average molecular weight is 357 g/mol. The standard InChI is InChI=1S/C21H29FN2Si/c1-13(2)25(14(3)4,15(5)6)12-20-21-18(9-10-23-21)17-8-7-16(22)11-19(17)24-20/h7-11,13-15,23H,12H2,1-6H3. The number of aromatic nitrogens is 2. The van der Waals surface area contributed by atoms with Crippen LogP contribution in [0.5, 0.6) is 0 Å². The Morgan fingerprint density at radius 2 is 1.60 bits per heavy atom. The van der Waals surface area contributed by atoms with Crippen LogP contribution in [0.2, 0.25) is 16.6 Å². The monoisotopic (exact) mass is 356 g/mol. The molecule has 3 aromatic rings. The van der Waals surface area contributed by atoms with Crippen LogP contribution in [0.1, 0.15) is 47.2 Å². The van der Waals surface area contributed by atoms with Gasteiger partial charge in [0.05, 0.1) is 24.8 Å². The molecule has 0 fully saturated rings. The van der Waals surface area contributed by atoms with E-state index in [2.05, 4.69) is 52.6 Å². The molecule has 0 aliphatic rings. The van der Waals surface area contributed by atoms with Crippen LogP contribution >= 0.6 is 0 Å². The Labute approximate surface area is 150 Å². The van der Waals surface area contributed by atoms with E-state index in [1.54, 1.807) is 6.07 Å². The molecule has 0 saturated carbocycles. The molecule has 0 amide bonds. The lowest BCUT2D eigenvalue weighted by atomic mass is 10.1. The minimum absolute atomic E-state index is 0.221. The third-order valence-corrected chi connectivity index (χ3v) is 13.6. The van der Waals surface area contributed by atoms with Gasteiger partial charge in [0.25, 0.3) is 0 Å². The average Bonchev–Trinajstić information content (AvgIpc) is 3.00. The fourth-order valence-electron chi connectivity index (χ4n) is 4.89. The fourth-order valence-corrected chi connectivity index (χ4v) is 10.9. The molecule has 0 spiro atoms. The van der Waals surface area contributed by atoms with Gasteiger partial charge in [0, 0.05) is 23.0 Å². The van der Waals surface area contributed by atoms with E-state index in [0.717, 1.165) is 33.5 Å². The van der Waals surface area contributed by atoms with Crippen molar-refractivity contribution in [2.24, 2.45) is 0 Å². The van der Waals surface area contributed by atoms with Gasteiger partial charge in [-0.25, -0.2) is 4.39 Å². The summed E-state index contributed by atoms with van der Waals surface area (Å²) in [5.74, 6) is -0.221. The van der Waals surface area contributed by atoms with Crippen molar-refractivity contribution in [3.63, 3.8) is 0 Å². The second-order valence-corrected chi connectivity index (χ2v) is 14.3. The third kappa shape index (κ3) is 2.90. The predicted octanol–water partition coefficient (Wildman–Crippen LogP) is 6.62. The molecule has 0 aliphatic heterocycles. The first kappa shape index (κ1) is 18.1. The maximum absolute atomic E-state index is 13.8. The summed E-state index contributed by atoms with van der Waals surface area (Å²) in [4.78, 5) is 8.33. The van der Waals surface area contributed by atoms with Gasteiger partial charge in [0.2, 0.25) is 0 Å². The molecular formula is C21H29FN2Si. The highest BCUT2D eigenvalue weighted by atomic mass is 28.3. The molecule has 0 unspecified atom stereocenters. The quantitative estimate of drug-likeness (QED) is 0.512. The van der Waals surface area contributed by atoms with Gasteiger partial charge in [0.1, 0.15) is 5.82 Å². The van der Waals surface area contributed by atoms with Crippen molar-refractivity contribution in [2.45, 2.75) is 64.2 Å². The van der Waals surface area contributed by atoms with E-state index in [-0.39, 0.29) is 5.82 Å².